The van der Waals surface area contributed by atoms with E-state index in [9.17, 15) is 0 Å². The minimum Gasteiger partial charge on any atom is -0.383 e. The summed E-state index contributed by atoms with van der Waals surface area (Å²) in [6, 6.07) is 6.13. The summed E-state index contributed by atoms with van der Waals surface area (Å²) in [4.78, 5) is 31.3. The smallest absolute Gasteiger partial charge is 0.129 e. The highest BCUT2D eigenvalue weighted by Gasteiger charge is 2.35. The van der Waals surface area contributed by atoms with Crippen LogP contribution in [0.15, 0.2) is 46.7 Å². The molecule has 346 valence electrons. The number of ether oxygens (including phenoxy) is 5. The highest BCUT2D eigenvalue weighted by atomic mass is 16.5. The summed E-state index contributed by atoms with van der Waals surface area (Å²) >= 11 is 0. The van der Waals surface area contributed by atoms with Crippen LogP contribution < -0.4 is 16.0 Å². The lowest BCUT2D eigenvalue weighted by Gasteiger charge is -2.43. The molecule has 0 spiro atoms. The van der Waals surface area contributed by atoms with Crippen LogP contribution in [-0.2, 0) is 29.1 Å². The molecule has 2 heterocycles. The van der Waals surface area contributed by atoms with E-state index in [0.29, 0.717) is 76.5 Å². The first-order chi connectivity index (χ1) is 30.0. The summed E-state index contributed by atoms with van der Waals surface area (Å²) < 4.78 is 29.1. The first kappa shape index (κ1) is 49.4. The quantitative estimate of drug-likeness (QED) is 0.0697. The van der Waals surface area contributed by atoms with E-state index in [1.807, 2.05) is 26.1 Å². The molecule has 62 heavy (non-hydrogen) atoms. The summed E-state index contributed by atoms with van der Waals surface area (Å²) in [5.41, 5.74) is 2.99. The summed E-state index contributed by atoms with van der Waals surface area (Å²) in [6.07, 6.45) is 12.6. The van der Waals surface area contributed by atoms with E-state index in [0.717, 1.165) is 106 Å². The molecule has 0 amide bonds. The second-order valence-electron chi connectivity index (χ2n) is 18.1. The number of anilines is 2. The first-order valence-corrected chi connectivity index (χ1v) is 22.8. The van der Waals surface area contributed by atoms with Gasteiger partial charge in [0.2, 0.25) is 0 Å². The van der Waals surface area contributed by atoms with Gasteiger partial charge in [-0.2, -0.15) is 0 Å². The molecule has 1 atom stereocenters. The molecule has 0 aromatic carbocycles. The molecule has 2 aromatic heterocycles. The van der Waals surface area contributed by atoms with Crippen molar-refractivity contribution in [2.75, 3.05) is 104 Å². The van der Waals surface area contributed by atoms with Crippen LogP contribution in [0.5, 0.6) is 0 Å². The van der Waals surface area contributed by atoms with Gasteiger partial charge in [0.1, 0.15) is 30.1 Å². The molecule has 16 heteroatoms. The standard InChI is InChI=1S/C46H77N11O5/c1-33(10-15-62-40-27-37(28-40)55-44-22-34(2)49-31-51-44)41(47-6)29-43(48-7)53-35-23-38(24-35)56(11-16-58-8)13-18-60-20-21-61-19-14-57(12-17-59-9)39-25-36(26-39)54-45-30-42(46(3,4)5)50-32-52-45/h22,29-33,35-40,53H,7,10-21,23-28H2,1-6,8-9H3,(H,49,51,55)(H,50,52,54)/b43-29+,47-41+/t33?,35-,36-,37-,38+,39-,40+. The zero-order chi connectivity index (χ0) is 44.3. The van der Waals surface area contributed by atoms with Gasteiger partial charge in [-0.05, 0) is 58.6 Å². The number of rotatable bonds is 30. The highest BCUT2D eigenvalue weighted by Crippen LogP contribution is 2.30. The van der Waals surface area contributed by atoms with Gasteiger partial charge in [-0.3, -0.25) is 14.8 Å². The number of aliphatic imine (C=N–C) groups is 2. The molecule has 0 radical (unpaired) electrons. The third-order valence-electron chi connectivity index (χ3n) is 12.4. The van der Waals surface area contributed by atoms with Crippen LogP contribution in [0.1, 0.15) is 84.0 Å². The van der Waals surface area contributed by atoms with Crippen LogP contribution in [0.2, 0.25) is 0 Å². The average molecular weight is 864 g/mol. The van der Waals surface area contributed by atoms with Crippen LogP contribution in [0.25, 0.3) is 0 Å². The number of nitrogens with one attached hydrogen (secondary N) is 3. The normalized spacial score (nSPS) is 23.4. The monoisotopic (exact) mass is 864 g/mol. The van der Waals surface area contributed by atoms with Crippen LogP contribution in [0.3, 0.4) is 0 Å². The Morgan fingerprint density at radius 2 is 1.32 bits per heavy atom. The predicted molar refractivity (Wildman–Crippen MR) is 248 cm³/mol. The Morgan fingerprint density at radius 3 is 1.87 bits per heavy atom. The fourth-order valence-electron chi connectivity index (χ4n) is 8.15. The van der Waals surface area contributed by atoms with Gasteiger partial charge in [0.25, 0.3) is 0 Å². The lowest BCUT2D eigenvalue weighted by Crippen LogP contribution is -2.53. The van der Waals surface area contributed by atoms with Gasteiger partial charge >= 0.3 is 0 Å². The van der Waals surface area contributed by atoms with E-state index >= 15 is 0 Å². The van der Waals surface area contributed by atoms with Crippen molar-refractivity contribution < 1.29 is 23.7 Å². The Labute approximate surface area is 371 Å². The van der Waals surface area contributed by atoms with Crippen molar-refractivity contribution in [3.8, 4) is 0 Å². The molecule has 0 aliphatic heterocycles. The van der Waals surface area contributed by atoms with Gasteiger partial charge in [0.15, 0.2) is 0 Å². The Bertz CT molecular complexity index is 1670. The third kappa shape index (κ3) is 16.2. The molecule has 2 aromatic rings. The Balaban J connectivity index is 0.928. The lowest BCUT2D eigenvalue weighted by molar-refractivity contribution is -0.00720. The van der Waals surface area contributed by atoms with Gasteiger partial charge in [-0.25, -0.2) is 24.9 Å². The largest absolute Gasteiger partial charge is 0.383 e. The van der Waals surface area contributed by atoms with E-state index in [4.69, 9.17) is 23.7 Å². The van der Waals surface area contributed by atoms with Crippen LogP contribution in [0, 0.1) is 12.8 Å². The second kappa shape index (κ2) is 25.6. The lowest BCUT2D eigenvalue weighted by atomic mass is 9.85. The molecule has 3 aliphatic rings. The number of hydrogen-bond donors (Lipinski definition) is 3. The van der Waals surface area contributed by atoms with Gasteiger partial charge < -0.3 is 39.6 Å². The maximum Gasteiger partial charge on any atom is 0.129 e. The molecule has 0 bridgehead atoms. The molecule has 0 saturated heterocycles. The molecule has 3 saturated carbocycles. The third-order valence-corrected chi connectivity index (χ3v) is 12.4. The van der Waals surface area contributed by atoms with Crippen molar-refractivity contribution in [3.63, 3.8) is 0 Å². The number of hydrogen-bond acceptors (Lipinski definition) is 16. The maximum absolute atomic E-state index is 6.19. The van der Waals surface area contributed by atoms with Crippen molar-refractivity contribution in [1.82, 2.24) is 35.1 Å². The van der Waals surface area contributed by atoms with Crippen LogP contribution >= 0.6 is 0 Å². The topological polar surface area (TPSA) is 165 Å². The number of aromatic nitrogens is 4. The minimum absolute atomic E-state index is 0.00807. The number of aryl methyl sites for hydroxylation is 1. The van der Waals surface area contributed by atoms with Crippen molar-refractivity contribution in [1.29, 1.82) is 0 Å². The average Bonchev–Trinajstić information content (AvgIpc) is 3.20. The molecule has 3 fully saturated rings. The number of methoxy groups -OCH3 is 2. The Morgan fingerprint density at radius 1 is 0.774 bits per heavy atom. The van der Waals surface area contributed by atoms with Gasteiger partial charge in [-0.15, -0.1) is 0 Å². The molecule has 5 rings (SSSR count). The van der Waals surface area contributed by atoms with Crippen LogP contribution in [0.4, 0.5) is 11.6 Å². The minimum atomic E-state index is -0.00807. The first-order valence-electron chi connectivity index (χ1n) is 22.8. The van der Waals surface area contributed by atoms with E-state index in [-0.39, 0.29) is 17.4 Å². The van der Waals surface area contributed by atoms with Crippen molar-refractivity contribution in [3.05, 3.63) is 48.1 Å². The molecule has 3 aliphatic carbocycles. The van der Waals surface area contributed by atoms with E-state index in [1.165, 1.54) is 0 Å². The van der Waals surface area contributed by atoms with E-state index in [2.05, 4.69) is 96.1 Å². The SMILES string of the molecule is C=N/C(=C\C(=N/C)C(C)CCO[C@H]1C[C@@H](Nc2cc(C)ncn2)C1)N[C@H]1C[C@@H](N(CCOC)CCOCCOCCN(CCOC)[C@H]2C[C@H](Nc3cc(C(C)(C)C)ncn3)C2)C1. The molecular formula is C46H77N11O5. The highest BCUT2D eigenvalue weighted by molar-refractivity contribution is 5.97. The molecule has 1 unspecified atom stereocenters. The molecular weight excluding hydrogens is 787 g/mol. The summed E-state index contributed by atoms with van der Waals surface area (Å²) in [5.74, 6) is 2.79. The molecule has 16 nitrogen and oxygen atoms in total. The summed E-state index contributed by atoms with van der Waals surface area (Å²) in [6.45, 7) is 22.6. The maximum atomic E-state index is 6.19. The van der Waals surface area contributed by atoms with Crippen molar-refractivity contribution >= 4 is 24.1 Å². The fourth-order valence-corrected chi connectivity index (χ4v) is 8.15. The van der Waals surface area contributed by atoms with Crippen molar-refractivity contribution in [2.24, 2.45) is 15.9 Å². The van der Waals surface area contributed by atoms with Gasteiger partial charge in [0, 0.05) is 125 Å². The zero-order valence-electron chi connectivity index (χ0n) is 39.0. The predicted octanol–water partition coefficient (Wildman–Crippen LogP) is 5.16. The summed E-state index contributed by atoms with van der Waals surface area (Å²) in [5, 5.41) is 10.7. The fraction of sp³-hybridized carbons (Fsp3) is 0.739. The van der Waals surface area contributed by atoms with E-state index in [1.54, 1.807) is 26.9 Å². The zero-order valence-corrected chi connectivity index (χ0v) is 39.0. The van der Waals surface area contributed by atoms with E-state index < -0.39 is 0 Å². The number of allylic oxidation sites excluding steroid dienone is 1. The molecule has 3 N–H and O–H groups in total. The number of nitrogens with zero attached hydrogens (tertiary/aromatic N) is 8. The Hall–Kier alpha value is -3.64. The van der Waals surface area contributed by atoms with Crippen molar-refractivity contribution in [2.45, 2.75) is 121 Å². The Kier molecular flexibility index (Phi) is 20.4. The van der Waals surface area contributed by atoms with Crippen LogP contribution in [-0.4, -0.2) is 172 Å². The summed E-state index contributed by atoms with van der Waals surface area (Å²) in [7, 11) is 5.36. The van der Waals surface area contributed by atoms with Gasteiger partial charge in [0.05, 0.1) is 51.4 Å². The van der Waals surface area contributed by atoms with Gasteiger partial charge in [-0.1, -0.05) is 27.7 Å². The second-order valence-corrected chi connectivity index (χ2v) is 18.1.